The van der Waals surface area contributed by atoms with E-state index in [9.17, 15) is 0 Å². The zero-order valence-electron chi connectivity index (χ0n) is 16.5. The maximum atomic E-state index is 4.31. The van der Waals surface area contributed by atoms with Crippen LogP contribution in [0.15, 0.2) is 29.3 Å². The number of halogens is 1. The summed E-state index contributed by atoms with van der Waals surface area (Å²) in [7, 11) is 4.11. The van der Waals surface area contributed by atoms with Crippen molar-refractivity contribution in [2.45, 2.75) is 51.2 Å². The topological polar surface area (TPSA) is 39.7 Å². The number of hydrogen-bond acceptors (Lipinski definition) is 3. The number of aliphatic imine (C=N–C) groups is 1. The molecule has 1 aliphatic carbocycles. The van der Waals surface area contributed by atoms with Gasteiger partial charge in [-0.25, -0.2) is 0 Å². The molecule has 0 spiro atoms. The van der Waals surface area contributed by atoms with E-state index < -0.39 is 0 Å². The molecule has 0 atom stereocenters. The lowest BCUT2D eigenvalue weighted by Gasteiger charge is -2.31. The first kappa shape index (κ1) is 23.6. The van der Waals surface area contributed by atoms with Crippen molar-refractivity contribution in [3.05, 3.63) is 35.4 Å². The van der Waals surface area contributed by atoms with Gasteiger partial charge in [-0.3, -0.25) is 9.89 Å². The second kappa shape index (κ2) is 13.7. The first-order chi connectivity index (χ1) is 12.2. The predicted octanol–water partition coefficient (Wildman–Crippen LogP) is 4.10. The van der Waals surface area contributed by atoms with Gasteiger partial charge >= 0.3 is 0 Å². The van der Waals surface area contributed by atoms with Crippen molar-refractivity contribution in [3.8, 4) is 0 Å². The Morgan fingerprint density at radius 2 is 1.85 bits per heavy atom. The molecule has 0 saturated heterocycles. The lowest BCUT2D eigenvalue weighted by Crippen LogP contribution is -2.38. The molecule has 1 fully saturated rings. The first-order valence-corrected chi connectivity index (χ1v) is 10.8. The molecule has 2 rings (SSSR count). The minimum Gasteiger partial charge on any atom is -0.356 e. The van der Waals surface area contributed by atoms with Crippen LogP contribution in [-0.4, -0.2) is 49.6 Å². The van der Waals surface area contributed by atoms with Crippen LogP contribution in [0, 0.1) is 0 Å². The van der Waals surface area contributed by atoms with E-state index in [1.54, 1.807) is 0 Å². The fourth-order valence-corrected chi connectivity index (χ4v) is 3.78. The van der Waals surface area contributed by atoms with Gasteiger partial charge in [0.25, 0.3) is 0 Å². The molecule has 2 N–H and O–H groups in total. The van der Waals surface area contributed by atoms with Crippen molar-refractivity contribution in [1.82, 2.24) is 15.5 Å². The highest BCUT2D eigenvalue weighted by atomic mass is 127. The molecule has 4 nitrogen and oxygen atoms in total. The predicted molar refractivity (Wildman–Crippen MR) is 127 cm³/mol. The molecule has 1 aromatic rings. The van der Waals surface area contributed by atoms with Gasteiger partial charge in [0.1, 0.15) is 0 Å². The average molecular weight is 490 g/mol. The van der Waals surface area contributed by atoms with Crippen molar-refractivity contribution in [1.29, 1.82) is 0 Å². The smallest absolute Gasteiger partial charge is 0.191 e. The van der Waals surface area contributed by atoms with Crippen molar-refractivity contribution >= 4 is 41.7 Å². The summed E-state index contributed by atoms with van der Waals surface area (Å²) in [5.41, 5.74) is 2.78. The maximum Gasteiger partial charge on any atom is 0.191 e. The Morgan fingerprint density at radius 1 is 1.15 bits per heavy atom. The van der Waals surface area contributed by atoms with Crippen molar-refractivity contribution < 1.29 is 0 Å². The number of guanidine groups is 1. The fraction of sp³-hybridized carbons (Fsp3) is 0.650. The van der Waals surface area contributed by atoms with Gasteiger partial charge in [0.15, 0.2) is 5.96 Å². The van der Waals surface area contributed by atoms with Crippen LogP contribution in [0.4, 0.5) is 0 Å². The Labute approximate surface area is 181 Å². The molecule has 0 heterocycles. The Morgan fingerprint density at radius 3 is 2.50 bits per heavy atom. The molecule has 1 aromatic carbocycles. The molecule has 148 valence electrons. The van der Waals surface area contributed by atoms with E-state index in [2.05, 4.69) is 58.1 Å². The summed E-state index contributed by atoms with van der Waals surface area (Å²) < 4.78 is 0. The quantitative estimate of drug-likeness (QED) is 0.249. The Kier molecular flexibility index (Phi) is 12.4. The number of thioether (sulfide) groups is 1. The highest BCUT2D eigenvalue weighted by Crippen LogP contribution is 2.23. The monoisotopic (exact) mass is 490 g/mol. The zero-order chi connectivity index (χ0) is 17.9. The molecule has 6 heteroatoms. The zero-order valence-corrected chi connectivity index (χ0v) is 19.6. The molecule has 26 heavy (non-hydrogen) atoms. The SMILES string of the molecule is CN=C(NCCSC)NCc1ccccc1CN(C)C1CCCCC1.I. The molecule has 0 unspecified atom stereocenters. The van der Waals surface area contributed by atoms with E-state index in [4.69, 9.17) is 0 Å². The number of nitrogens with one attached hydrogen (secondary N) is 2. The fourth-order valence-electron chi connectivity index (χ4n) is 3.47. The summed E-state index contributed by atoms with van der Waals surface area (Å²) in [5.74, 6) is 1.97. The Bertz CT molecular complexity index is 532. The van der Waals surface area contributed by atoms with Gasteiger partial charge in [-0.15, -0.1) is 24.0 Å². The summed E-state index contributed by atoms with van der Waals surface area (Å²) in [6.45, 7) is 2.78. The molecular formula is C20H35IN4S. The van der Waals surface area contributed by atoms with Crippen molar-refractivity contribution in [2.24, 2.45) is 4.99 Å². The van der Waals surface area contributed by atoms with Crippen LogP contribution in [0.25, 0.3) is 0 Å². The Hall–Kier alpha value is -0.470. The Balaban J connectivity index is 0.00000338. The average Bonchev–Trinajstić information content (AvgIpc) is 2.66. The summed E-state index contributed by atoms with van der Waals surface area (Å²) >= 11 is 1.84. The van der Waals surface area contributed by atoms with E-state index in [0.717, 1.165) is 37.4 Å². The minimum absolute atomic E-state index is 0. The number of benzene rings is 1. The molecular weight excluding hydrogens is 455 g/mol. The van der Waals surface area contributed by atoms with Crippen LogP contribution in [0.2, 0.25) is 0 Å². The van der Waals surface area contributed by atoms with E-state index in [-0.39, 0.29) is 24.0 Å². The molecule has 0 amide bonds. The van der Waals surface area contributed by atoms with Crippen LogP contribution in [0.5, 0.6) is 0 Å². The molecule has 1 aliphatic rings. The highest BCUT2D eigenvalue weighted by molar-refractivity contribution is 14.0. The lowest BCUT2D eigenvalue weighted by molar-refractivity contribution is 0.184. The van der Waals surface area contributed by atoms with E-state index in [1.807, 2.05) is 18.8 Å². The second-order valence-corrected chi connectivity index (χ2v) is 7.81. The molecule has 0 bridgehead atoms. The third kappa shape index (κ3) is 8.05. The lowest BCUT2D eigenvalue weighted by atomic mass is 9.94. The van der Waals surface area contributed by atoms with Gasteiger partial charge < -0.3 is 10.6 Å². The van der Waals surface area contributed by atoms with Crippen molar-refractivity contribution in [2.75, 3.05) is 32.6 Å². The van der Waals surface area contributed by atoms with Gasteiger partial charge in [-0.1, -0.05) is 43.5 Å². The number of nitrogens with zero attached hydrogens (tertiary/aromatic N) is 2. The standard InChI is InChI=1S/C20H34N4S.HI/c1-21-20(22-13-14-25-3)23-15-17-9-7-8-10-18(17)16-24(2)19-11-5-4-6-12-19;/h7-10,19H,4-6,11-16H2,1-3H3,(H2,21,22,23);1H. The third-order valence-corrected chi connectivity index (χ3v) is 5.62. The van der Waals surface area contributed by atoms with Gasteiger partial charge in [0.05, 0.1) is 0 Å². The van der Waals surface area contributed by atoms with Crippen LogP contribution >= 0.6 is 35.7 Å². The molecule has 1 saturated carbocycles. The van der Waals surface area contributed by atoms with Crippen LogP contribution < -0.4 is 10.6 Å². The van der Waals surface area contributed by atoms with Gasteiger partial charge in [-0.2, -0.15) is 11.8 Å². The van der Waals surface area contributed by atoms with Crippen LogP contribution in [0.3, 0.4) is 0 Å². The van der Waals surface area contributed by atoms with Crippen LogP contribution in [0.1, 0.15) is 43.2 Å². The maximum absolute atomic E-state index is 4.31. The van der Waals surface area contributed by atoms with Crippen molar-refractivity contribution in [3.63, 3.8) is 0 Å². The number of rotatable bonds is 8. The minimum atomic E-state index is 0. The third-order valence-electron chi connectivity index (χ3n) is 5.00. The first-order valence-electron chi connectivity index (χ1n) is 9.45. The molecule has 0 aliphatic heterocycles. The highest BCUT2D eigenvalue weighted by Gasteiger charge is 2.18. The van der Waals surface area contributed by atoms with Gasteiger partial charge in [-0.05, 0) is 37.3 Å². The van der Waals surface area contributed by atoms with E-state index in [0.29, 0.717) is 0 Å². The summed E-state index contributed by atoms with van der Waals surface area (Å²) in [6, 6.07) is 9.52. The van der Waals surface area contributed by atoms with Crippen LogP contribution in [-0.2, 0) is 13.1 Å². The summed E-state index contributed by atoms with van der Waals surface area (Å²) in [5, 5.41) is 6.81. The largest absolute Gasteiger partial charge is 0.356 e. The second-order valence-electron chi connectivity index (χ2n) is 6.82. The van der Waals surface area contributed by atoms with Gasteiger partial charge in [0.2, 0.25) is 0 Å². The van der Waals surface area contributed by atoms with E-state index >= 15 is 0 Å². The summed E-state index contributed by atoms with van der Waals surface area (Å²) in [4.78, 5) is 6.86. The summed E-state index contributed by atoms with van der Waals surface area (Å²) in [6.07, 6.45) is 9.00. The van der Waals surface area contributed by atoms with E-state index in [1.165, 1.54) is 43.2 Å². The number of hydrogen-bond donors (Lipinski definition) is 2. The van der Waals surface area contributed by atoms with Gasteiger partial charge in [0, 0.05) is 38.5 Å². The normalized spacial score (nSPS) is 15.6. The molecule has 0 aromatic heterocycles. The molecule has 0 radical (unpaired) electrons.